The quantitative estimate of drug-likeness (QED) is 0.627. The van der Waals surface area contributed by atoms with E-state index < -0.39 is 0 Å². The van der Waals surface area contributed by atoms with E-state index in [-0.39, 0.29) is 24.1 Å². The van der Waals surface area contributed by atoms with Gasteiger partial charge in [-0.15, -0.1) is 0 Å². The van der Waals surface area contributed by atoms with Crippen molar-refractivity contribution in [1.82, 2.24) is 5.32 Å². The van der Waals surface area contributed by atoms with Crippen LogP contribution in [0, 0.1) is 0 Å². The third-order valence-electron chi connectivity index (χ3n) is 1.99. The maximum Gasteiger partial charge on any atom is 0.257 e. The fraction of sp³-hybridized carbons (Fsp3) is 0.364. The second-order valence-electron chi connectivity index (χ2n) is 3.41. The van der Waals surface area contributed by atoms with Crippen molar-refractivity contribution >= 4 is 40.7 Å². The summed E-state index contributed by atoms with van der Waals surface area (Å²) < 4.78 is 5.22. The second-order valence-corrected chi connectivity index (χ2v) is 4.63. The van der Waals surface area contributed by atoms with Gasteiger partial charge in [-0.05, 0) is 12.5 Å². The fourth-order valence-corrected chi connectivity index (χ4v) is 1.71. The molecule has 0 saturated carbocycles. The molecule has 1 aromatic carbocycles. The number of halogens is 3. The summed E-state index contributed by atoms with van der Waals surface area (Å²) >= 11 is 17.4. The Morgan fingerprint density at radius 3 is 2.56 bits per heavy atom. The van der Waals surface area contributed by atoms with Crippen molar-refractivity contribution in [2.75, 3.05) is 19.8 Å². The van der Waals surface area contributed by atoms with Gasteiger partial charge in [0.1, 0.15) is 5.75 Å². The van der Waals surface area contributed by atoms with Gasteiger partial charge in [-0.1, -0.05) is 34.8 Å². The molecule has 0 aliphatic heterocycles. The molecule has 4 nitrogen and oxygen atoms in total. The molecule has 1 rings (SSSR count). The van der Waals surface area contributed by atoms with Gasteiger partial charge in [-0.3, -0.25) is 4.79 Å². The minimum absolute atomic E-state index is 0.0275. The van der Waals surface area contributed by atoms with Gasteiger partial charge in [-0.2, -0.15) is 0 Å². The Morgan fingerprint density at radius 1 is 1.22 bits per heavy atom. The highest BCUT2D eigenvalue weighted by molar-refractivity contribution is 6.43. The Bertz CT molecular complexity index is 426. The summed E-state index contributed by atoms with van der Waals surface area (Å²) in [7, 11) is 0. The lowest BCUT2D eigenvalue weighted by atomic mass is 10.3. The summed E-state index contributed by atoms with van der Waals surface area (Å²) in [6.07, 6.45) is 0.499. The van der Waals surface area contributed by atoms with Gasteiger partial charge in [0.2, 0.25) is 0 Å². The number of carbonyl (C=O) groups is 1. The summed E-state index contributed by atoms with van der Waals surface area (Å²) in [4.78, 5) is 11.3. The standard InChI is InChI=1S/C11H12Cl3NO3/c12-7-4-9(14)10(5-8(7)13)18-6-11(17)15-2-1-3-16/h4-5,16H,1-3,6H2,(H,15,17). The van der Waals surface area contributed by atoms with E-state index in [4.69, 9.17) is 44.6 Å². The molecule has 1 aromatic rings. The number of benzene rings is 1. The number of nitrogens with one attached hydrogen (secondary N) is 1. The van der Waals surface area contributed by atoms with Crippen LogP contribution in [0.3, 0.4) is 0 Å². The molecule has 0 unspecified atom stereocenters. The average molecular weight is 313 g/mol. The molecule has 0 fully saturated rings. The van der Waals surface area contributed by atoms with E-state index in [2.05, 4.69) is 5.32 Å². The van der Waals surface area contributed by atoms with E-state index in [1.165, 1.54) is 12.1 Å². The third-order valence-corrected chi connectivity index (χ3v) is 3.01. The molecule has 0 spiro atoms. The van der Waals surface area contributed by atoms with Crippen LogP contribution in [0.25, 0.3) is 0 Å². The number of amides is 1. The molecule has 0 bridgehead atoms. The van der Waals surface area contributed by atoms with E-state index >= 15 is 0 Å². The van der Waals surface area contributed by atoms with Crippen LogP contribution in [0.4, 0.5) is 0 Å². The highest BCUT2D eigenvalue weighted by Gasteiger charge is 2.09. The highest BCUT2D eigenvalue weighted by atomic mass is 35.5. The van der Waals surface area contributed by atoms with Crippen LogP contribution in [-0.4, -0.2) is 30.8 Å². The molecule has 18 heavy (non-hydrogen) atoms. The van der Waals surface area contributed by atoms with Crippen molar-refractivity contribution in [3.05, 3.63) is 27.2 Å². The first-order chi connectivity index (χ1) is 8.54. The summed E-state index contributed by atoms with van der Waals surface area (Å²) in [5.74, 6) is -0.00559. The molecule has 0 heterocycles. The van der Waals surface area contributed by atoms with Gasteiger partial charge in [0, 0.05) is 19.2 Å². The van der Waals surface area contributed by atoms with E-state index in [0.29, 0.717) is 28.8 Å². The van der Waals surface area contributed by atoms with E-state index in [1.807, 2.05) is 0 Å². The van der Waals surface area contributed by atoms with Crippen molar-refractivity contribution in [3.8, 4) is 5.75 Å². The average Bonchev–Trinajstić information content (AvgIpc) is 2.32. The Kier molecular flexibility index (Phi) is 6.57. The number of aliphatic hydroxyl groups is 1. The molecule has 100 valence electrons. The maximum absolute atomic E-state index is 11.3. The molecule has 1 amide bonds. The lowest BCUT2D eigenvalue weighted by molar-refractivity contribution is -0.123. The van der Waals surface area contributed by atoms with Crippen LogP contribution in [0.2, 0.25) is 15.1 Å². The van der Waals surface area contributed by atoms with Gasteiger partial charge in [0.25, 0.3) is 5.91 Å². The van der Waals surface area contributed by atoms with Crippen LogP contribution in [0.15, 0.2) is 12.1 Å². The summed E-state index contributed by atoms with van der Waals surface area (Å²) in [6, 6.07) is 2.90. The number of ether oxygens (including phenoxy) is 1. The van der Waals surface area contributed by atoms with Gasteiger partial charge in [-0.25, -0.2) is 0 Å². The number of carbonyl (C=O) groups excluding carboxylic acids is 1. The molecular formula is C11H12Cl3NO3. The van der Waals surface area contributed by atoms with Gasteiger partial charge < -0.3 is 15.2 Å². The van der Waals surface area contributed by atoms with Gasteiger partial charge >= 0.3 is 0 Å². The number of rotatable bonds is 6. The van der Waals surface area contributed by atoms with Crippen molar-refractivity contribution in [2.24, 2.45) is 0 Å². The predicted octanol–water partition coefficient (Wildman–Crippen LogP) is 2.52. The summed E-state index contributed by atoms with van der Waals surface area (Å²) in [5.41, 5.74) is 0. The predicted molar refractivity (Wildman–Crippen MR) is 71.7 cm³/mol. The van der Waals surface area contributed by atoms with Crippen LogP contribution >= 0.6 is 34.8 Å². The summed E-state index contributed by atoms with van der Waals surface area (Å²) in [6.45, 7) is 0.247. The van der Waals surface area contributed by atoms with Crippen molar-refractivity contribution in [3.63, 3.8) is 0 Å². The molecule has 0 radical (unpaired) electrons. The zero-order valence-electron chi connectivity index (χ0n) is 9.38. The molecule has 7 heteroatoms. The number of hydrogen-bond donors (Lipinski definition) is 2. The van der Waals surface area contributed by atoms with E-state index in [1.54, 1.807) is 0 Å². The lowest BCUT2D eigenvalue weighted by Gasteiger charge is -2.09. The Balaban J connectivity index is 2.48. The summed E-state index contributed by atoms with van der Waals surface area (Å²) in [5, 5.41) is 12.0. The molecular weight excluding hydrogens is 300 g/mol. The zero-order valence-corrected chi connectivity index (χ0v) is 11.6. The van der Waals surface area contributed by atoms with Crippen LogP contribution in [0.1, 0.15) is 6.42 Å². The first-order valence-corrected chi connectivity index (χ1v) is 6.33. The zero-order chi connectivity index (χ0) is 13.5. The molecule has 0 aliphatic rings. The Hall–Kier alpha value is -0.680. The molecule has 2 N–H and O–H groups in total. The smallest absolute Gasteiger partial charge is 0.257 e. The first-order valence-electron chi connectivity index (χ1n) is 5.19. The molecule has 0 atom stereocenters. The maximum atomic E-state index is 11.3. The fourth-order valence-electron chi connectivity index (χ4n) is 1.12. The van der Waals surface area contributed by atoms with E-state index in [9.17, 15) is 4.79 Å². The number of aliphatic hydroxyl groups excluding tert-OH is 1. The monoisotopic (exact) mass is 311 g/mol. The topological polar surface area (TPSA) is 58.6 Å². The highest BCUT2D eigenvalue weighted by Crippen LogP contribution is 2.33. The normalized spacial score (nSPS) is 10.2. The lowest BCUT2D eigenvalue weighted by Crippen LogP contribution is -2.30. The van der Waals surface area contributed by atoms with Gasteiger partial charge in [0.05, 0.1) is 15.1 Å². The van der Waals surface area contributed by atoms with Crippen LogP contribution in [-0.2, 0) is 4.79 Å². The molecule has 0 saturated heterocycles. The molecule has 0 aromatic heterocycles. The van der Waals surface area contributed by atoms with Crippen molar-refractivity contribution in [2.45, 2.75) is 6.42 Å². The third kappa shape index (κ3) is 4.90. The minimum Gasteiger partial charge on any atom is -0.482 e. The van der Waals surface area contributed by atoms with Crippen LogP contribution < -0.4 is 10.1 Å². The minimum atomic E-state index is -0.300. The van der Waals surface area contributed by atoms with Crippen LogP contribution in [0.5, 0.6) is 5.75 Å². The Labute approximate surface area is 120 Å². The molecule has 0 aliphatic carbocycles. The SMILES string of the molecule is O=C(COc1cc(Cl)c(Cl)cc1Cl)NCCCO. The van der Waals surface area contributed by atoms with E-state index in [0.717, 1.165) is 0 Å². The van der Waals surface area contributed by atoms with Crippen molar-refractivity contribution < 1.29 is 14.6 Å². The Morgan fingerprint density at radius 2 is 1.89 bits per heavy atom. The first kappa shape index (κ1) is 15.4. The largest absolute Gasteiger partial charge is 0.482 e. The van der Waals surface area contributed by atoms with Crippen molar-refractivity contribution in [1.29, 1.82) is 0 Å². The van der Waals surface area contributed by atoms with Gasteiger partial charge in [0.15, 0.2) is 6.61 Å². The number of hydrogen-bond acceptors (Lipinski definition) is 3. The second kappa shape index (κ2) is 7.69.